The number of halogens is 3. The second kappa shape index (κ2) is 14.0. The van der Waals surface area contributed by atoms with Crippen LogP contribution in [0.25, 0.3) is 0 Å². The molecule has 0 aliphatic rings. The lowest BCUT2D eigenvalue weighted by Gasteiger charge is -2.33. The number of amides is 2. The van der Waals surface area contributed by atoms with Crippen molar-refractivity contribution in [3.63, 3.8) is 0 Å². The third kappa shape index (κ3) is 7.88. The quantitative estimate of drug-likeness (QED) is 0.266. The van der Waals surface area contributed by atoms with Crippen LogP contribution in [0.4, 0.5) is 5.69 Å². The maximum Gasteiger partial charge on any atom is 0.264 e. The van der Waals surface area contributed by atoms with Crippen LogP contribution in [0.5, 0.6) is 0 Å². The number of sulfonamides is 1. The summed E-state index contributed by atoms with van der Waals surface area (Å²) in [4.78, 5) is 28.5. The van der Waals surface area contributed by atoms with E-state index >= 15 is 0 Å². The third-order valence-corrected chi connectivity index (χ3v) is 8.57. The maximum atomic E-state index is 14.0. The van der Waals surface area contributed by atoms with Gasteiger partial charge in [-0.2, -0.15) is 0 Å². The zero-order chi connectivity index (χ0) is 28.6. The number of benzene rings is 3. The van der Waals surface area contributed by atoms with Gasteiger partial charge in [0.25, 0.3) is 10.0 Å². The lowest BCUT2D eigenvalue weighted by molar-refractivity contribution is -0.140. The minimum atomic E-state index is -4.24. The molecule has 0 aromatic heterocycles. The predicted octanol–water partition coefficient (Wildman–Crippen LogP) is 6.18. The van der Waals surface area contributed by atoms with Crippen molar-refractivity contribution in [2.45, 2.75) is 44.2 Å². The van der Waals surface area contributed by atoms with Crippen molar-refractivity contribution >= 4 is 62.3 Å². The zero-order valence-corrected chi connectivity index (χ0v) is 24.7. The molecule has 1 N–H and O–H groups in total. The van der Waals surface area contributed by atoms with E-state index in [2.05, 4.69) is 5.32 Å². The second-order valence-corrected chi connectivity index (χ2v) is 11.9. The molecule has 1 atom stereocenters. The van der Waals surface area contributed by atoms with Gasteiger partial charge in [-0.1, -0.05) is 79.0 Å². The Balaban J connectivity index is 2.07. The summed E-state index contributed by atoms with van der Waals surface area (Å²) in [5.74, 6) is -0.904. The van der Waals surface area contributed by atoms with Crippen molar-refractivity contribution in [3.8, 4) is 0 Å². The summed E-state index contributed by atoms with van der Waals surface area (Å²) in [5.41, 5.74) is 0.782. The maximum absolute atomic E-state index is 14.0. The van der Waals surface area contributed by atoms with Gasteiger partial charge in [0.1, 0.15) is 12.6 Å². The molecule has 0 bridgehead atoms. The number of rotatable bonds is 12. The largest absolute Gasteiger partial charge is 0.354 e. The van der Waals surface area contributed by atoms with Crippen LogP contribution in [0.2, 0.25) is 15.1 Å². The first-order chi connectivity index (χ1) is 18.6. The molecule has 3 aromatic rings. The number of nitrogens with zero attached hydrogens (tertiary/aromatic N) is 2. The normalized spacial score (nSPS) is 12.0. The molecule has 7 nitrogen and oxygen atoms in total. The van der Waals surface area contributed by atoms with Crippen molar-refractivity contribution in [1.29, 1.82) is 0 Å². The fourth-order valence-corrected chi connectivity index (χ4v) is 5.99. The van der Waals surface area contributed by atoms with Crippen LogP contribution >= 0.6 is 34.8 Å². The predicted molar refractivity (Wildman–Crippen MR) is 157 cm³/mol. The molecular formula is C28H30Cl3N3O4S. The molecule has 0 heterocycles. The summed E-state index contributed by atoms with van der Waals surface area (Å²) in [6.07, 6.45) is 1.04. The van der Waals surface area contributed by atoms with Crippen LogP contribution in [-0.4, -0.2) is 44.3 Å². The van der Waals surface area contributed by atoms with Gasteiger partial charge in [-0.15, -0.1) is 0 Å². The highest BCUT2D eigenvalue weighted by Gasteiger charge is 2.34. The molecule has 2 amide bonds. The highest BCUT2D eigenvalue weighted by atomic mass is 35.5. The molecule has 0 saturated carbocycles. The standard InChI is InChI=1S/C28H30Cl3N3O4S/c1-3-16-32-28(36)25(4-2)33(18-20-10-12-21(29)13-11-20)27(35)19-34(26-17-22(30)14-15-24(26)31)39(37,38)23-8-6-5-7-9-23/h5-15,17,25H,3-4,16,18-19H2,1-2H3,(H,32,36). The Hall–Kier alpha value is -2.78. The average Bonchev–Trinajstić information content (AvgIpc) is 2.93. The minimum Gasteiger partial charge on any atom is -0.354 e. The van der Waals surface area contributed by atoms with Gasteiger partial charge in [0, 0.05) is 23.1 Å². The van der Waals surface area contributed by atoms with Gasteiger partial charge >= 0.3 is 0 Å². The molecule has 208 valence electrons. The minimum absolute atomic E-state index is 0.0224. The Morgan fingerprint density at radius 2 is 1.54 bits per heavy atom. The fourth-order valence-electron chi connectivity index (χ4n) is 3.98. The Kier molecular flexibility index (Phi) is 11.1. The van der Waals surface area contributed by atoms with Crippen LogP contribution < -0.4 is 9.62 Å². The summed E-state index contributed by atoms with van der Waals surface area (Å²) in [6, 6.07) is 18.2. The van der Waals surface area contributed by atoms with Gasteiger partial charge in [0.05, 0.1) is 15.6 Å². The molecule has 11 heteroatoms. The smallest absolute Gasteiger partial charge is 0.264 e. The van der Waals surface area contributed by atoms with Gasteiger partial charge in [-0.3, -0.25) is 13.9 Å². The van der Waals surface area contributed by atoms with Crippen molar-refractivity contribution in [2.75, 3.05) is 17.4 Å². The van der Waals surface area contributed by atoms with E-state index < -0.39 is 28.5 Å². The van der Waals surface area contributed by atoms with E-state index in [4.69, 9.17) is 34.8 Å². The molecule has 0 saturated heterocycles. The molecule has 39 heavy (non-hydrogen) atoms. The summed E-state index contributed by atoms with van der Waals surface area (Å²) in [6.45, 7) is 3.63. The SMILES string of the molecule is CCCNC(=O)C(CC)N(Cc1ccc(Cl)cc1)C(=O)CN(c1cc(Cl)ccc1Cl)S(=O)(=O)c1ccccc1. The molecule has 3 rings (SSSR count). The zero-order valence-electron chi connectivity index (χ0n) is 21.6. The van der Waals surface area contributed by atoms with Gasteiger partial charge in [0.15, 0.2) is 0 Å². The molecule has 0 spiro atoms. The van der Waals surface area contributed by atoms with Crippen LogP contribution in [0, 0.1) is 0 Å². The first kappa shape index (κ1) is 30.8. The van der Waals surface area contributed by atoms with Crippen LogP contribution in [-0.2, 0) is 26.2 Å². The van der Waals surface area contributed by atoms with Crippen LogP contribution in [0.1, 0.15) is 32.3 Å². The molecule has 3 aromatic carbocycles. The highest BCUT2D eigenvalue weighted by molar-refractivity contribution is 7.92. The van der Waals surface area contributed by atoms with E-state index in [1.165, 1.54) is 35.2 Å². The third-order valence-electron chi connectivity index (χ3n) is 5.99. The van der Waals surface area contributed by atoms with E-state index in [1.54, 1.807) is 49.4 Å². The fraction of sp³-hybridized carbons (Fsp3) is 0.286. The van der Waals surface area contributed by atoms with Crippen LogP contribution in [0.3, 0.4) is 0 Å². The second-order valence-electron chi connectivity index (χ2n) is 8.78. The van der Waals surface area contributed by atoms with Gasteiger partial charge in [0.2, 0.25) is 11.8 Å². The number of carbonyl (C=O) groups excluding carboxylic acids is 2. The molecule has 0 aliphatic heterocycles. The first-order valence-corrected chi connectivity index (χ1v) is 15.0. The van der Waals surface area contributed by atoms with E-state index in [-0.39, 0.29) is 33.1 Å². The van der Waals surface area contributed by atoms with E-state index in [9.17, 15) is 18.0 Å². The number of hydrogen-bond acceptors (Lipinski definition) is 4. The number of nitrogens with one attached hydrogen (secondary N) is 1. The van der Waals surface area contributed by atoms with Crippen molar-refractivity contribution in [1.82, 2.24) is 10.2 Å². The Morgan fingerprint density at radius 1 is 0.897 bits per heavy atom. The molecule has 0 aliphatic carbocycles. The van der Waals surface area contributed by atoms with Crippen LogP contribution in [0.15, 0.2) is 77.7 Å². The highest BCUT2D eigenvalue weighted by Crippen LogP contribution is 2.33. The topological polar surface area (TPSA) is 86.8 Å². The first-order valence-electron chi connectivity index (χ1n) is 12.4. The van der Waals surface area contributed by atoms with E-state index in [1.807, 2.05) is 6.92 Å². The lowest BCUT2D eigenvalue weighted by Crippen LogP contribution is -2.52. The molecule has 0 radical (unpaired) electrons. The summed E-state index contributed by atoms with van der Waals surface area (Å²) in [7, 11) is -4.24. The summed E-state index contributed by atoms with van der Waals surface area (Å²) < 4.78 is 28.6. The monoisotopic (exact) mass is 609 g/mol. The summed E-state index contributed by atoms with van der Waals surface area (Å²) >= 11 is 18.7. The van der Waals surface area contributed by atoms with Crippen molar-refractivity contribution < 1.29 is 18.0 Å². The van der Waals surface area contributed by atoms with Crippen molar-refractivity contribution in [2.24, 2.45) is 0 Å². The molecule has 0 fully saturated rings. The number of anilines is 1. The number of hydrogen-bond donors (Lipinski definition) is 1. The number of carbonyl (C=O) groups is 2. The Labute approximate surface area is 244 Å². The Bertz CT molecular complexity index is 1390. The molecule has 1 unspecified atom stereocenters. The molecular weight excluding hydrogens is 581 g/mol. The van der Waals surface area contributed by atoms with Gasteiger partial charge < -0.3 is 10.2 Å². The summed E-state index contributed by atoms with van der Waals surface area (Å²) in [5, 5.41) is 3.72. The van der Waals surface area contributed by atoms with Gasteiger partial charge in [-0.25, -0.2) is 8.42 Å². The van der Waals surface area contributed by atoms with Gasteiger partial charge in [-0.05, 0) is 60.9 Å². The van der Waals surface area contributed by atoms with E-state index in [0.717, 1.165) is 16.3 Å². The van der Waals surface area contributed by atoms with Crippen molar-refractivity contribution in [3.05, 3.63) is 93.4 Å². The Morgan fingerprint density at radius 3 is 2.15 bits per heavy atom. The average molecular weight is 611 g/mol. The lowest BCUT2D eigenvalue weighted by atomic mass is 10.1. The van der Waals surface area contributed by atoms with E-state index in [0.29, 0.717) is 18.0 Å².